The van der Waals surface area contributed by atoms with Crippen LogP contribution in [0.4, 0.5) is 0 Å². The van der Waals surface area contributed by atoms with Gasteiger partial charge in [0, 0.05) is 26.2 Å². The van der Waals surface area contributed by atoms with Gasteiger partial charge in [0.2, 0.25) is 5.88 Å². The maximum absolute atomic E-state index is 10.8. The number of aliphatic hydroxyl groups excluding tert-OH is 1. The number of hydrogen-bond acceptors (Lipinski definition) is 6. The van der Waals surface area contributed by atoms with Crippen molar-refractivity contribution in [1.82, 2.24) is 14.7 Å². The normalized spacial score (nSPS) is 16.4. The molecule has 4 rings (SSSR count). The van der Waals surface area contributed by atoms with E-state index >= 15 is 0 Å². The SMILES string of the molecule is CCCCC(O)CN(Cc1c(C)nn(-c2ccccc2)c1Oc1ccc(OC)cc1)CC1CCCO1. The van der Waals surface area contributed by atoms with Crippen LogP contribution in [0.15, 0.2) is 54.6 Å². The highest BCUT2D eigenvalue weighted by atomic mass is 16.5. The summed E-state index contributed by atoms with van der Waals surface area (Å²) in [5.74, 6) is 2.17. The molecular formula is C29H39N3O4. The Labute approximate surface area is 214 Å². The van der Waals surface area contributed by atoms with Gasteiger partial charge in [0.1, 0.15) is 11.5 Å². The van der Waals surface area contributed by atoms with Crippen molar-refractivity contribution in [2.75, 3.05) is 26.8 Å². The summed E-state index contributed by atoms with van der Waals surface area (Å²) in [6.07, 6.45) is 4.86. The lowest BCUT2D eigenvalue weighted by Gasteiger charge is -2.27. The number of ether oxygens (including phenoxy) is 3. The maximum atomic E-state index is 10.8. The van der Waals surface area contributed by atoms with E-state index < -0.39 is 0 Å². The van der Waals surface area contributed by atoms with Crippen molar-refractivity contribution in [1.29, 1.82) is 0 Å². The molecule has 1 aliphatic heterocycles. The Morgan fingerprint density at radius 2 is 1.89 bits per heavy atom. The van der Waals surface area contributed by atoms with E-state index in [1.165, 1.54) is 0 Å². The quantitative estimate of drug-likeness (QED) is 0.338. The molecule has 3 aromatic rings. The first-order valence-electron chi connectivity index (χ1n) is 13.0. The highest BCUT2D eigenvalue weighted by molar-refractivity contribution is 5.44. The molecule has 1 fully saturated rings. The number of aliphatic hydroxyl groups is 1. The van der Waals surface area contributed by atoms with Gasteiger partial charge in [0.15, 0.2) is 0 Å². The second-order valence-electron chi connectivity index (χ2n) is 9.52. The molecule has 1 aliphatic rings. The van der Waals surface area contributed by atoms with E-state index in [2.05, 4.69) is 11.8 Å². The Morgan fingerprint density at radius 1 is 1.14 bits per heavy atom. The Kier molecular flexibility index (Phi) is 9.39. The molecule has 1 saturated heterocycles. The zero-order valence-corrected chi connectivity index (χ0v) is 21.7. The highest BCUT2D eigenvalue weighted by Crippen LogP contribution is 2.33. The van der Waals surface area contributed by atoms with Gasteiger partial charge in [-0.2, -0.15) is 5.10 Å². The third-order valence-corrected chi connectivity index (χ3v) is 6.64. The van der Waals surface area contributed by atoms with Crippen LogP contribution in [0.1, 0.15) is 50.3 Å². The Bertz CT molecular complexity index is 1060. The second-order valence-corrected chi connectivity index (χ2v) is 9.52. The van der Waals surface area contributed by atoms with E-state index in [-0.39, 0.29) is 12.2 Å². The smallest absolute Gasteiger partial charge is 0.227 e. The maximum Gasteiger partial charge on any atom is 0.227 e. The average molecular weight is 494 g/mol. The number of rotatable bonds is 13. The number of methoxy groups -OCH3 is 1. The molecule has 0 aliphatic carbocycles. The van der Waals surface area contributed by atoms with Gasteiger partial charge in [-0.15, -0.1) is 0 Å². The molecule has 36 heavy (non-hydrogen) atoms. The Morgan fingerprint density at radius 3 is 2.56 bits per heavy atom. The molecule has 2 aromatic carbocycles. The summed E-state index contributed by atoms with van der Waals surface area (Å²) in [7, 11) is 1.65. The van der Waals surface area contributed by atoms with Crippen molar-refractivity contribution in [2.45, 2.75) is 64.7 Å². The third-order valence-electron chi connectivity index (χ3n) is 6.64. The fourth-order valence-electron chi connectivity index (χ4n) is 4.66. The number of benzene rings is 2. The fraction of sp³-hybridized carbons (Fsp3) is 0.483. The lowest BCUT2D eigenvalue weighted by molar-refractivity contribution is 0.0434. The van der Waals surface area contributed by atoms with E-state index in [0.29, 0.717) is 24.7 Å². The minimum absolute atomic E-state index is 0.193. The number of aryl methyl sites for hydroxylation is 1. The standard InChI is InChI=1S/C29H39N3O4/c1-4-5-12-24(33)19-31(20-27-13-9-18-35-27)21-28-22(2)30-32(23-10-7-6-8-11-23)29(28)36-26-16-14-25(34-3)15-17-26/h6-8,10-11,14-17,24,27,33H,4-5,9,12-13,18-21H2,1-3H3. The fourth-order valence-corrected chi connectivity index (χ4v) is 4.66. The molecule has 0 amide bonds. The number of hydrogen-bond donors (Lipinski definition) is 1. The van der Waals surface area contributed by atoms with Crippen LogP contribution in [0, 0.1) is 6.92 Å². The summed E-state index contributed by atoms with van der Waals surface area (Å²) in [4.78, 5) is 2.30. The van der Waals surface area contributed by atoms with Crippen molar-refractivity contribution in [3.8, 4) is 23.1 Å². The third kappa shape index (κ3) is 6.87. The van der Waals surface area contributed by atoms with Gasteiger partial charge in [-0.05, 0) is 62.6 Å². The molecule has 0 spiro atoms. The van der Waals surface area contributed by atoms with Crippen LogP contribution < -0.4 is 9.47 Å². The molecule has 1 N–H and O–H groups in total. The number of nitrogens with zero attached hydrogens (tertiary/aromatic N) is 3. The van der Waals surface area contributed by atoms with E-state index in [1.54, 1.807) is 7.11 Å². The summed E-state index contributed by atoms with van der Waals surface area (Å²) in [5.41, 5.74) is 2.85. The van der Waals surface area contributed by atoms with Crippen molar-refractivity contribution in [3.63, 3.8) is 0 Å². The molecule has 2 atom stereocenters. The van der Waals surface area contributed by atoms with E-state index in [1.807, 2.05) is 66.2 Å². The first-order chi connectivity index (χ1) is 17.6. The first kappa shape index (κ1) is 26.2. The Hall–Kier alpha value is -2.87. The van der Waals surface area contributed by atoms with E-state index in [4.69, 9.17) is 19.3 Å². The molecule has 7 nitrogen and oxygen atoms in total. The largest absolute Gasteiger partial charge is 0.497 e. The van der Waals surface area contributed by atoms with Gasteiger partial charge in [-0.25, -0.2) is 4.68 Å². The van der Waals surface area contributed by atoms with Gasteiger partial charge < -0.3 is 19.3 Å². The second kappa shape index (κ2) is 12.9. The van der Waals surface area contributed by atoms with Crippen molar-refractivity contribution in [2.24, 2.45) is 0 Å². The Balaban J connectivity index is 1.65. The van der Waals surface area contributed by atoms with Crippen LogP contribution in [-0.2, 0) is 11.3 Å². The van der Waals surface area contributed by atoms with E-state index in [0.717, 1.165) is 68.0 Å². The van der Waals surface area contributed by atoms with Crippen LogP contribution in [-0.4, -0.2) is 58.8 Å². The van der Waals surface area contributed by atoms with Crippen molar-refractivity contribution < 1.29 is 19.3 Å². The molecule has 0 bridgehead atoms. The summed E-state index contributed by atoms with van der Waals surface area (Å²) in [5, 5.41) is 15.6. The van der Waals surface area contributed by atoms with Gasteiger partial charge in [-0.1, -0.05) is 38.0 Å². The van der Waals surface area contributed by atoms with Crippen molar-refractivity contribution >= 4 is 0 Å². The summed E-state index contributed by atoms with van der Waals surface area (Å²) >= 11 is 0. The van der Waals surface area contributed by atoms with Crippen LogP contribution >= 0.6 is 0 Å². The summed E-state index contributed by atoms with van der Waals surface area (Å²) in [6.45, 7) is 6.98. The van der Waals surface area contributed by atoms with Crippen LogP contribution in [0.25, 0.3) is 5.69 Å². The van der Waals surface area contributed by atoms with E-state index in [9.17, 15) is 5.11 Å². The first-order valence-corrected chi connectivity index (χ1v) is 13.0. The molecule has 7 heteroatoms. The topological polar surface area (TPSA) is 69.0 Å². The predicted octanol–water partition coefficient (Wildman–Crippen LogP) is 5.51. The number of unbranched alkanes of at least 4 members (excludes halogenated alkanes) is 1. The lowest BCUT2D eigenvalue weighted by Crippen LogP contribution is -2.37. The van der Waals surface area contributed by atoms with Gasteiger partial charge >= 0.3 is 0 Å². The lowest BCUT2D eigenvalue weighted by atomic mass is 10.1. The van der Waals surface area contributed by atoms with Crippen LogP contribution in [0.3, 0.4) is 0 Å². The van der Waals surface area contributed by atoms with Crippen LogP contribution in [0.5, 0.6) is 17.4 Å². The van der Waals surface area contributed by atoms with Gasteiger partial charge in [0.25, 0.3) is 0 Å². The number of aromatic nitrogens is 2. The minimum atomic E-state index is -0.373. The molecule has 2 heterocycles. The highest BCUT2D eigenvalue weighted by Gasteiger charge is 2.26. The summed E-state index contributed by atoms with van der Waals surface area (Å²) in [6, 6.07) is 17.6. The van der Waals surface area contributed by atoms with Gasteiger partial charge in [-0.3, -0.25) is 4.90 Å². The van der Waals surface area contributed by atoms with Gasteiger partial charge in [0.05, 0.1) is 36.3 Å². The average Bonchev–Trinajstić information content (AvgIpc) is 3.52. The molecular weight excluding hydrogens is 454 g/mol. The zero-order chi connectivity index (χ0) is 25.3. The number of para-hydroxylation sites is 1. The molecule has 2 unspecified atom stereocenters. The van der Waals surface area contributed by atoms with Crippen LogP contribution in [0.2, 0.25) is 0 Å². The molecule has 194 valence electrons. The van der Waals surface area contributed by atoms with Crippen molar-refractivity contribution in [3.05, 3.63) is 65.9 Å². The molecule has 0 saturated carbocycles. The predicted molar refractivity (Wildman–Crippen MR) is 141 cm³/mol. The molecule has 0 radical (unpaired) electrons. The summed E-state index contributed by atoms with van der Waals surface area (Å²) < 4.78 is 19.6. The minimum Gasteiger partial charge on any atom is -0.497 e. The molecule has 1 aromatic heterocycles. The zero-order valence-electron chi connectivity index (χ0n) is 21.7. The monoisotopic (exact) mass is 493 g/mol.